The van der Waals surface area contributed by atoms with E-state index in [1.807, 2.05) is 13.0 Å². The van der Waals surface area contributed by atoms with Crippen LogP contribution in [-0.4, -0.2) is 29.7 Å². The zero-order chi connectivity index (χ0) is 16.8. The molecule has 0 fully saturated rings. The molecule has 0 bridgehead atoms. The van der Waals surface area contributed by atoms with Gasteiger partial charge in [-0.25, -0.2) is 9.97 Å². The van der Waals surface area contributed by atoms with Gasteiger partial charge in [-0.05, 0) is 31.9 Å². The van der Waals surface area contributed by atoms with E-state index in [0.29, 0.717) is 0 Å². The van der Waals surface area contributed by atoms with Gasteiger partial charge >= 0.3 is 0 Å². The summed E-state index contributed by atoms with van der Waals surface area (Å²) in [5.74, 6) is 1.80. The molecule has 3 aromatic rings. The van der Waals surface area contributed by atoms with E-state index in [2.05, 4.69) is 42.6 Å². The maximum Gasteiger partial charge on any atom is 0.138 e. The van der Waals surface area contributed by atoms with Crippen LogP contribution in [0.25, 0.3) is 10.2 Å². The number of rotatable bonds is 8. The zero-order valence-electron chi connectivity index (χ0n) is 14.2. The fourth-order valence-electron chi connectivity index (χ4n) is 2.60. The first-order valence-corrected chi connectivity index (χ1v) is 9.20. The number of benzene rings is 1. The Morgan fingerprint density at radius 3 is 2.79 bits per heavy atom. The van der Waals surface area contributed by atoms with E-state index in [1.165, 1.54) is 10.4 Å². The predicted octanol–water partition coefficient (Wildman–Crippen LogP) is 4.43. The number of anilines is 1. The van der Waals surface area contributed by atoms with Crippen LogP contribution in [0.5, 0.6) is 0 Å². The summed E-state index contributed by atoms with van der Waals surface area (Å²) in [6.07, 6.45) is 1.72. The summed E-state index contributed by atoms with van der Waals surface area (Å²) in [6, 6.07) is 12.5. The predicted molar refractivity (Wildman–Crippen MR) is 101 cm³/mol. The smallest absolute Gasteiger partial charge is 0.138 e. The maximum atomic E-state index is 5.40. The second-order valence-electron chi connectivity index (χ2n) is 5.70. The van der Waals surface area contributed by atoms with Crippen LogP contribution in [-0.2, 0) is 11.2 Å². The highest BCUT2D eigenvalue weighted by atomic mass is 32.1. The topological polar surface area (TPSA) is 47.0 Å². The number of hydrogen-bond donors (Lipinski definition) is 1. The molecule has 5 heteroatoms. The zero-order valence-corrected chi connectivity index (χ0v) is 15.0. The maximum absolute atomic E-state index is 5.40. The number of thiophene rings is 1. The van der Waals surface area contributed by atoms with Gasteiger partial charge in [0.15, 0.2) is 0 Å². The molecule has 0 aliphatic heterocycles. The Bertz CT molecular complexity index is 786. The lowest BCUT2D eigenvalue weighted by atomic mass is 10.1. The van der Waals surface area contributed by atoms with E-state index >= 15 is 0 Å². The van der Waals surface area contributed by atoms with Crippen LogP contribution in [0.2, 0.25) is 0 Å². The molecule has 0 spiro atoms. The number of ether oxygens (including phenoxy) is 1. The number of nitrogens with zero attached hydrogens (tertiary/aromatic N) is 2. The van der Waals surface area contributed by atoms with Crippen molar-refractivity contribution in [3.8, 4) is 0 Å². The second kappa shape index (κ2) is 8.22. The lowest BCUT2D eigenvalue weighted by Gasteiger charge is -2.09. The Labute approximate surface area is 146 Å². The number of fused-ring (bicyclic) bond motifs is 1. The largest absolute Gasteiger partial charge is 0.382 e. The molecule has 1 N–H and O–H groups in total. The molecule has 1 aromatic carbocycles. The second-order valence-corrected chi connectivity index (χ2v) is 6.94. The van der Waals surface area contributed by atoms with Crippen LogP contribution in [0, 0.1) is 6.92 Å². The van der Waals surface area contributed by atoms with E-state index < -0.39 is 0 Å². The summed E-state index contributed by atoms with van der Waals surface area (Å²) in [7, 11) is 0. The summed E-state index contributed by atoms with van der Waals surface area (Å²) in [5.41, 5.74) is 1.23. The van der Waals surface area contributed by atoms with Crippen molar-refractivity contribution in [1.29, 1.82) is 0 Å². The molecule has 0 saturated carbocycles. The number of aryl methyl sites for hydroxylation is 1. The van der Waals surface area contributed by atoms with E-state index in [-0.39, 0.29) is 0 Å². The molecule has 0 atom stereocenters. The van der Waals surface area contributed by atoms with Gasteiger partial charge in [-0.2, -0.15) is 0 Å². The number of nitrogens with one attached hydrogen (secondary N) is 1. The summed E-state index contributed by atoms with van der Waals surface area (Å²) >= 11 is 1.72. The molecule has 24 heavy (non-hydrogen) atoms. The van der Waals surface area contributed by atoms with Gasteiger partial charge in [0.25, 0.3) is 0 Å². The van der Waals surface area contributed by atoms with Crippen molar-refractivity contribution in [2.45, 2.75) is 26.7 Å². The molecule has 0 aliphatic carbocycles. The fraction of sp³-hybridized carbons (Fsp3) is 0.368. The van der Waals surface area contributed by atoms with Crippen molar-refractivity contribution in [2.75, 3.05) is 25.1 Å². The molecule has 0 amide bonds. The van der Waals surface area contributed by atoms with E-state index in [4.69, 9.17) is 14.7 Å². The highest BCUT2D eigenvalue weighted by Gasteiger charge is 2.11. The third kappa shape index (κ3) is 4.30. The molecule has 4 nitrogen and oxygen atoms in total. The van der Waals surface area contributed by atoms with Crippen LogP contribution < -0.4 is 5.32 Å². The van der Waals surface area contributed by atoms with Crippen molar-refractivity contribution in [3.63, 3.8) is 0 Å². The lowest BCUT2D eigenvalue weighted by Crippen LogP contribution is -2.09. The minimum absolute atomic E-state index is 0.751. The Morgan fingerprint density at radius 2 is 2.00 bits per heavy atom. The van der Waals surface area contributed by atoms with Gasteiger partial charge in [-0.15, -0.1) is 11.3 Å². The first-order chi connectivity index (χ1) is 11.8. The van der Waals surface area contributed by atoms with E-state index in [1.54, 1.807) is 11.3 Å². The monoisotopic (exact) mass is 341 g/mol. The molecule has 2 heterocycles. The van der Waals surface area contributed by atoms with Crippen molar-refractivity contribution in [2.24, 2.45) is 0 Å². The van der Waals surface area contributed by atoms with Crippen molar-refractivity contribution in [1.82, 2.24) is 9.97 Å². The molecule has 0 saturated heterocycles. The standard InChI is InChI=1S/C19H23N3OS/c1-3-23-11-7-10-20-18-16-12-14(2)24-19(16)22-17(21-18)13-15-8-5-4-6-9-15/h4-6,8-9,12H,3,7,10-11,13H2,1-2H3,(H,20,21,22). The van der Waals surface area contributed by atoms with Crippen LogP contribution in [0.1, 0.15) is 29.6 Å². The summed E-state index contributed by atoms with van der Waals surface area (Å²) in [6.45, 7) is 6.53. The van der Waals surface area contributed by atoms with Gasteiger partial charge < -0.3 is 10.1 Å². The third-order valence-corrected chi connectivity index (χ3v) is 4.67. The van der Waals surface area contributed by atoms with Gasteiger partial charge in [-0.1, -0.05) is 30.3 Å². The van der Waals surface area contributed by atoms with E-state index in [0.717, 1.165) is 54.5 Å². The van der Waals surface area contributed by atoms with Crippen molar-refractivity contribution < 1.29 is 4.74 Å². The number of hydrogen-bond acceptors (Lipinski definition) is 5. The number of aromatic nitrogens is 2. The Kier molecular flexibility index (Phi) is 5.77. The Hall–Kier alpha value is -1.98. The lowest BCUT2D eigenvalue weighted by molar-refractivity contribution is 0.147. The summed E-state index contributed by atoms with van der Waals surface area (Å²) < 4.78 is 5.40. The van der Waals surface area contributed by atoms with Gasteiger partial charge in [0.2, 0.25) is 0 Å². The molecular weight excluding hydrogens is 318 g/mol. The molecule has 0 radical (unpaired) electrons. The fourth-order valence-corrected chi connectivity index (χ4v) is 3.50. The van der Waals surface area contributed by atoms with Crippen LogP contribution in [0.4, 0.5) is 5.82 Å². The average molecular weight is 341 g/mol. The van der Waals surface area contributed by atoms with Gasteiger partial charge in [0.05, 0.1) is 5.39 Å². The summed E-state index contributed by atoms with van der Waals surface area (Å²) in [4.78, 5) is 11.8. The first kappa shape index (κ1) is 16.9. The molecule has 2 aromatic heterocycles. The van der Waals surface area contributed by atoms with E-state index in [9.17, 15) is 0 Å². The van der Waals surface area contributed by atoms with Crippen LogP contribution in [0.3, 0.4) is 0 Å². The first-order valence-electron chi connectivity index (χ1n) is 8.39. The average Bonchev–Trinajstić information content (AvgIpc) is 2.96. The quantitative estimate of drug-likeness (QED) is 0.616. The third-order valence-electron chi connectivity index (χ3n) is 3.73. The van der Waals surface area contributed by atoms with Gasteiger partial charge in [0, 0.05) is 31.1 Å². The highest BCUT2D eigenvalue weighted by molar-refractivity contribution is 7.18. The van der Waals surface area contributed by atoms with Crippen molar-refractivity contribution >= 4 is 27.4 Å². The van der Waals surface area contributed by atoms with Gasteiger partial charge in [0.1, 0.15) is 16.5 Å². The molecule has 0 unspecified atom stereocenters. The normalized spacial score (nSPS) is 11.1. The minimum Gasteiger partial charge on any atom is -0.382 e. The van der Waals surface area contributed by atoms with Crippen LogP contribution >= 0.6 is 11.3 Å². The molecule has 126 valence electrons. The Balaban J connectivity index is 1.80. The molecular formula is C19H23N3OS. The summed E-state index contributed by atoms with van der Waals surface area (Å²) in [5, 5.41) is 4.58. The molecule has 3 rings (SSSR count). The van der Waals surface area contributed by atoms with Crippen LogP contribution in [0.15, 0.2) is 36.4 Å². The SMILES string of the molecule is CCOCCCNc1nc(Cc2ccccc2)nc2sc(C)cc12. The molecule has 0 aliphatic rings. The van der Waals surface area contributed by atoms with Gasteiger partial charge in [-0.3, -0.25) is 0 Å². The minimum atomic E-state index is 0.751. The Morgan fingerprint density at radius 1 is 1.17 bits per heavy atom. The highest BCUT2D eigenvalue weighted by Crippen LogP contribution is 2.29. The van der Waals surface area contributed by atoms with Crippen molar-refractivity contribution in [3.05, 3.63) is 52.7 Å².